The van der Waals surface area contributed by atoms with Gasteiger partial charge in [0.1, 0.15) is 6.10 Å². The smallest absolute Gasteiger partial charge is 0.306 e. The van der Waals surface area contributed by atoms with E-state index in [-0.39, 0.29) is 12.6 Å². The number of aliphatic hydroxyl groups excluding tert-OH is 1. The van der Waals surface area contributed by atoms with Crippen molar-refractivity contribution in [2.75, 3.05) is 19.8 Å². The van der Waals surface area contributed by atoms with Gasteiger partial charge in [-0.3, -0.25) is 4.79 Å². The molecular weight excluding hydrogens is 388 g/mol. The van der Waals surface area contributed by atoms with Gasteiger partial charge in [0.05, 0.1) is 13.2 Å². The van der Waals surface area contributed by atoms with Crippen LogP contribution in [0.4, 0.5) is 0 Å². The molecule has 1 atom stereocenters. The summed E-state index contributed by atoms with van der Waals surface area (Å²) >= 11 is 0. The topological polar surface area (TPSA) is 55.8 Å². The third kappa shape index (κ3) is 23.6. The summed E-state index contributed by atoms with van der Waals surface area (Å²) in [6.45, 7) is 5.27. The molecule has 31 heavy (non-hydrogen) atoms. The molecule has 0 heterocycles. The van der Waals surface area contributed by atoms with Gasteiger partial charge >= 0.3 is 5.97 Å². The quantitative estimate of drug-likeness (QED) is 0.0957. The first-order valence-electron chi connectivity index (χ1n) is 13.3. The van der Waals surface area contributed by atoms with Gasteiger partial charge in [-0.2, -0.15) is 0 Å². The molecule has 0 saturated carbocycles. The average molecular weight is 441 g/mol. The van der Waals surface area contributed by atoms with Crippen LogP contribution in [0, 0.1) is 0 Å². The molecule has 4 nitrogen and oxygen atoms in total. The molecule has 0 aliphatic heterocycles. The highest BCUT2D eigenvalue weighted by Crippen LogP contribution is 2.10. The highest BCUT2D eigenvalue weighted by molar-refractivity contribution is 5.69. The van der Waals surface area contributed by atoms with Crippen LogP contribution in [0.1, 0.15) is 129 Å². The van der Waals surface area contributed by atoms with Crippen molar-refractivity contribution in [3.63, 3.8) is 0 Å². The molecule has 0 saturated heterocycles. The summed E-state index contributed by atoms with van der Waals surface area (Å²) in [4.78, 5) is 12.0. The molecule has 4 heteroatoms. The Bertz CT molecular complexity index is 395. The van der Waals surface area contributed by atoms with Gasteiger partial charge < -0.3 is 14.6 Å². The molecule has 0 aromatic carbocycles. The number of allylic oxidation sites excluding steroid dienone is 2. The summed E-state index contributed by atoms with van der Waals surface area (Å²) in [5.41, 5.74) is 0. The molecule has 0 fully saturated rings. The maximum atomic E-state index is 12.0. The first kappa shape index (κ1) is 30.1. The van der Waals surface area contributed by atoms with Gasteiger partial charge in [-0.25, -0.2) is 0 Å². The fourth-order valence-corrected chi connectivity index (χ4v) is 3.55. The second kappa shape index (κ2) is 25.4. The van der Waals surface area contributed by atoms with Crippen LogP contribution in [0.15, 0.2) is 12.2 Å². The molecule has 0 bridgehead atoms. The van der Waals surface area contributed by atoms with E-state index in [4.69, 9.17) is 9.47 Å². The Morgan fingerprint density at radius 3 is 1.90 bits per heavy atom. The third-order valence-corrected chi connectivity index (χ3v) is 5.59. The second-order valence-electron chi connectivity index (χ2n) is 8.76. The molecule has 0 aliphatic rings. The number of esters is 1. The van der Waals surface area contributed by atoms with E-state index in [9.17, 15) is 9.90 Å². The van der Waals surface area contributed by atoms with Crippen LogP contribution in [0.5, 0.6) is 0 Å². The molecule has 0 amide bonds. The first-order chi connectivity index (χ1) is 15.2. The van der Waals surface area contributed by atoms with Crippen molar-refractivity contribution in [2.24, 2.45) is 0 Å². The molecule has 0 aromatic heterocycles. The van der Waals surface area contributed by atoms with Gasteiger partial charge in [0.2, 0.25) is 0 Å². The monoisotopic (exact) mass is 440 g/mol. The van der Waals surface area contributed by atoms with E-state index in [2.05, 4.69) is 26.0 Å². The fourth-order valence-electron chi connectivity index (χ4n) is 3.55. The second-order valence-corrected chi connectivity index (χ2v) is 8.76. The maximum Gasteiger partial charge on any atom is 0.306 e. The summed E-state index contributed by atoms with van der Waals surface area (Å²) < 4.78 is 10.9. The third-order valence-electron chi connectivity index (χ3n) is 5.59. The van der Waals surface area contributed by atoms with Crippen molar-refractivity contribution in [1.29, 1.82) is 0 Å². The van der Waals surface area contributed by atoms with Crippen LogP contribution >= 0.6 is 0 Å². The summed E-state index contributed by atoms with van der Waals surface area (Å²) in [5.74, 6) is -0.214. The van der Waals surface area contributed by atoms with E-state index in [1.165, 1.54) is 89.9 Å². The van der Waals surface area contributed by atoms with Crippen LogP contribution in [0.25, 0.3) is 0 Å². The van der Waals surface area contributed by atoms with Crippen molar-refractivity contribution in [3.05, 3.63) is 12.2 Å². The van der Waals surface area contributed by atoms with Gasteiger partial charge in [-0.05, 0) is 38.5 Å². The number of rotatable bonds is 24. The molecular formula is C27H52O4. The zero-order valence-corrected chi connectivity index (χ0v) is 20.8. The van der Waals surface area contributed by atoms with E-state index in [0.717, 1.165) is 19.3 Å². The predicted molar refractivity (Wildman–Crippen MR) is 131 cm³/mol. The molecule has 0 radical (unpaired) electrons. The molecule has 0 spiro atoms. The summed E-state index contributed by atoms with van der Waals surface area (Å²) in [5, 5.41) is 9.41. The van der Waals surface area contributed by atoms with Gasteiger partial charge in [-0.15, -0.1) is 0 Å². The summed E-state index contributed by atoms with van der Waals surface area (Å²) in [6.07, 6.45) is 25.1. The Morgan fingerprint density at radius 1 is 0.742 bits per heavy atom. The lowest BCUT2D eigenvalue weighted by Crippen LogP contribution is -2.27. The predicted octanol–water partition coefficient (Wildman–Crippen LogP) is 7.52. The molecule has 0 aliphatic carbocycles. The Balaban J connectivity index is 3.49. The number of hydrogen-bond acceptors (Lipinski definition) is 4. The lowest BCUT2D eigenvalue weighted by Gasteiger charge is -2.15. The minimum Gasteiger partial charge on any atom is -0.457 e. The number of hydrogen-bond donors (Lipinski definition) is 1. The Labute approximate surface area is 193 Å². The van der Waals surface area contributed by atoms with Gasteiger partial charge in [0.25, 0.3) is 0 Å². The van der Waals surface area contributed by atoms with Crippen molar-refractivity contribution in [3.8, 4) is 0 Å². The molecule has 184 valence electrons. The summed E-state index contributed by atoms with van der Waals surface area (Å²) in [6, 6.07) is 0. The molecule has 1 unspecified atom stereocenters. The highest BCUT2D eigenvalue weighted by atomic mass is 16.6. The zero-order valence-electron chi connectivity index (χ0n) is 20.8. The SMILES string of the molecule is CCCCC/C=C\CCCCCCCC(=O)OC(CO)COCCCCCCCCC. The minimum atomic E-state index is -0.527. The zero-order chi connectivity index (χ0) is 22.8. The van der Waals surface area contributed by atoms with Crippen LogP contribution in [-0.4, -0.2) is 37.0 Å². The molecule has 0 aromatic rings. The van der Waals surface area contributed by atoms with Crippen molar-refractivity contribution >= 4 is 5.97 Å². The number of ether oxygens (including phenoxy) is 2. The van der Waals surface area contributed by atoms with E-state index in [1.807, 2.05) is 0 Å². The van der Waals surface area contributed by atoms with E-state index in [1.54, 1.807) is 0 Å². The average Bonchev–Trinajstić information content (AvgIpc) is 2.77. The Kier molecular flexibility index (Phi) is 24.7. The van der Waals surface area contributed by atoms with Gasteiger partial charge in [0.15, 0.2) is 0 Å². The van der Waals surface area contributed by atoms with Crippen LogP contribution in [0.3, 0.4) is 0 Å². The Morgan fingerprint density at radius 2 is 1.26 bits per heavy atom. The van der Waals surface area contributed by atoms with Gasteiger partial charge in [0, 0.05) is 13.0 Å². The number of carbonyl (C=O) groups is 1. The minimum absolute atomic E-state index is 0.172. The first-order valence-corrected chi connectivity index (χ1v) is 13.3. The lowest BCUT2D eigenvalue weighted by molar-refractivity contribution is -0.154. The molecule has 0 rings (SSSR count). The molecule has 1 N–H and O–H groups in total. The largest absolute Gasteiger partial charge is 0.457 e. The Hall–Kier alpha value is -0.870. The van der Waals surface area contributed by atoms with Crippen molar-refractivity contribution in [2.45, 2.75) is 136 Å². The highest BCUT2D eigenvalue weighted by Gasteiger charge is 2.13. The lowest BCUT2D eigenvalue weighted by atomic mass is 10.1. The normalized spacial score (nSPS) is 12.5. The van der Waals surface area contributed by atoms with Crippen molar-refractivity contribution < 1.29 is 19.4 Å². The van der Waals surface area contributed by atoms with Crippen LogP contribution < -0.4 is 0 Å². The number of unbranched alkanes of at least 4 members (excludes halogenated alkanes) is 14. The van der Waals surface area contributed by atoms with Crippen molar-refractivity contribution in [1.82, 2.24) is 0 Å². The standard InChI is InChI=1S/C27H52O4/c1-3-5-7-9-11-12-13-14-15-16-18-20-22-27(29)31-26(24-28)25-30-23-21-19-17-10-8-6-4-2/h11-12,26,28H,3-10,13-25H2,1-2H3/b12-11-. The fraction of sp³-hybridized carbons (Fsp3) is 0.889. The number of aliphatic hydroxyl groups is 1. The van der Waals surface area contributed by atoms with Crippen LogP contribution in [-0.2, 0) is 14.3 Å². The summed E-state index contributed by atoms with van der Waals surface area (Å²) in [7, 11) is 0. The van der Waals surface area contributed by atoms with Crippen LogP contribution in [0.2, 0.25) is 0 Å². The van der Waals surface area contributed by atoms with E-state index >= 15 is 0 Å². The van der Waals surface area contributed by atoms with Gasteiger partial charge in [-0.1, -0.05) is 96.6 Å². The number of carbonyl (C=O) groups excluding carboxylic acids is 1. The maximum absolute atomic E-state index is 12.0. The van der Waals surface area contributed by atoms with E-state index in [0.29, 0.717) is 19.6 Å². The van der Waals surface area contributed by atoms with E-state index < -0.39 is 6.10 Å².